The van der Waals surface area contributed by atoms with Crippen molar-refractivity contribution in [1.29, 1.82) is 0 Å². The van der Waals surface area contributed by atoms with E-state index in [1.807, 2.05) is 24.3 Å². The van der Waals surface area contributed by atoms with Crippen LogP contribution in [0.2, 0.25) is 0 Å². The molecule has 1 atom stereocenters. The number of benzene rings is 2. The summed E-state index contributed by atoms with van der Waals surface area (Å²) in [4.78, 5) is 14.9. The lowest BCUT2D eigenvalue weighted by atomic mass is 9.89. The van der Waals surface area contributed by atoms with Gasteiger partial charge in [0.25, 0.3) is 5.91 Å². The summed E-state index contributed by atoms with van der Waals surface area (Å²) in [5, 5.41) is 5.54. The summed E-state index contributed by atoms with van der Waals surface area (Å²) in [6, 6.07) is 14.7. The van der Waals surface area contributed by atoms with E-state index in [2.05, 4.69) is 45.1 Å². The molecule has 31 heavy (non-hydrogen) atoms. The van der Waals surface area contributed by atoms with Crippen molar-refractivity contribution in [2.24, 2.45) is 5.10 Å². The van der Waals surface area contributed by atoms with Crippen LogP contribution in [0, 0.1) is 6.92 Å². The van der Waals surface area contributed by atoms with E-state index < -0.39 is 0 Å². The van der Waals surface area contributed by atoms with Crippen LogP contribution in [-0.2, 0) is 17.8 Å². The molecule has 5 rings (SSSR count). The first kappa shape index (κ1) is 19.8. The number of aryl methyl sites for hydroxylation is 2. The second-order valence-electron chi connectivity index (χ2n) is 8.48. The molecule has 2 heterocycles. The number of nitrogens with zero attached hydrogens (tertiary/aromatic N) is 3. The highest BCUT2D eigenvalue weighted by molar-refractivity contribution is 5.87. The van der Waals surface area contributed by atoms with E-state index in [0.29, 0.717) is 12.6 Å². The predicted molar refractivity (Wildman–Crippen MR) is 123 cm³/mol. The zero-order valence-corrected chi connectivity index (χ0v) is 18.1. The highest BCUT2D eigenvalue weighted by Crippen LogP contribution is 2.42. The molecule has 0 radical (unpaired) electrons. The van der Waals surface area contributed by atoms with Gasteiger partial charge in [0.15, 0.2) is 0 Å². The lowest BCUT2D eigenvalue weighted by Gasteiger charge is -2.39. The molecule has 0 fully saturated rings. The van der Waals surface area contributed by atoms with Gasteiger partial charge in [0.1, 0.15) is 5.75 Å². The number of aromatic nitrogens is 1. The first-order valence-electron chi connectivity index (χ1n) is 11.0. The number of hydrogen-bond acceptors (Lipinski definition) is 4. The second-order valence-corrected chi connectivity index (χ2v) is 8.48. The molecule has 1 unspecified atom stereocenters. The molecule has 1 aliphatic heterocycles. The van der Waals surface area contributed by atoms with Gasteiger partial charge in [-0.15, -0.1) is 0 Å². The first-order valence-corrected chi connectivity index (χ1v) is 11.0. The fourth-order valence-corrected chi connectivity index (χ4v) is 5.10. The van der Waals surface area contributed by atoms with Gasteiger partial charge in [0.05, 0.1) is 25.9 Å². The van der Waals surface area contributed by atoms with Crippen molar-refractivity contribution < 1.29 is 9.53 Å². The van der Waals surface area contributed by atoms with Crippen molar-refractivity contribution in [2.75, 3.05) is 20.2 Å². The Bertz CT molecular complexity index is 1160. The molecule has 0 saturated heterocycles. The summed E-state index contributed by atoms with van der Waals surface area (Å²) < 4.78 is 7.71. The highest BCUT2D eigenvalue weighted by Gasteiger charge is 2.35. The highest BCUT2D eigenvalue weighted by atomic mass is 16.5. The van der Waals surface area contributed by atoms with Gasteiger partial charge in [0.2, 0.25) is 0 Å². The average molecular weight is 417 g/mol. The van der Waals surface area contributed by atoms with Crippen LogP contribution in [0.15, 0.2) is 47.6 Å². The smallest absolute Gasteiger partial charge is 0.254 e. The topological polar surface area (TPSA) is 58.9 Å². The molecule has 2 aliphatic rings. The lowest BCUT2D eigenvalue weighted by molar-refractivity contribution is -0.123. The summed E-state index contributed by atoms with van der Waals surface area (Å²) in [5.74, 6) is 0.689. The van der Waals surface area contributed by atoms with E-state index >= 15 is 0 Å². The van der Waals surface area contributed by atoms with E-state index in [9.17, 15) is 4.79 Å². The molecule has 6 nitrogen and oxygen atoms in total. The summed E-state index contributed by atoms with van der Waals surface area (Å²) >= 11 is 0. The number of hydrogen-bond donors (Lipinski definition) is 1. The molecule has 1 N–H and O–H groups in total. The minimum atomic E-state index is -0.0772. The third kappa shape index (κ3) is 3.72. The van der Waals surface area contributed by atoms with Gasteiger partial charge < -0.3 is 9.30 Å². The van der Waals surface area contributed by atoms with Crippen LogP contribution in [0.1, 0.15) is 41.3 Å². The molecule has 0 bridgehead atoms. The van der Waals surface area contributed by atoms with Crippen LogP contribution in [0.3, 0.4) is 0 Å². The Hall–Kier alpha value is -3.12. The van der Waals surface area contributed by atoms with Crippen LogP contribution in [0.5, 0.6) is 5.75 Å². The van der Waals surface area contributed by atoms with E-state index in [-0.39, 0.29) is 5.91 Å². The minimum absolute atomic E-state index is 0.0772. The first-order chi connectivity index (χ1) is 15.1. The van der Waals surface area contributed by atoms with Crippen LogP contribution >= 0.6 is 0 Å². The molecule has 160 valence electrons. The lowest BCUT2D eigenvalue weighted by Crippen LogP contribution is -2.44. The van der Waals surface area contributed by atoms with E-state index in [1.165, 1.54) is 27.7 Å². The van der Waals surface area contributed by atoms with Gasteiger partial charge in [-0.2, -0.15) is 5.10 Å². The number of rotatable bonds is 5. The van der Waals surface area contributed by atoms with Gasteiger partial charge in [-0.3, -0.25) is 9.69 Å². The SMILES string of the molecule is COc1cccc(/C=N/NC(=O)CN2CCn3c4c(c5cc(C)ccc53)CCCC42)c1. The predicted octanol–water partition coefficient (Wildman–Crippen LogP) is 3.80. The molecule has 6 heteroatoms. The Kier molecular flexibility index (Phi) is 5.24. The van der Waals surface area contributed by atoms with Gasteiger partial charge >= 0.3 is 0 Å². The molecular formula is C25H28N4O2. The third-order valence-electron chi connectivity index (χ3n) is 6.48. The minimum Gasteiger partial charge on any atom is -0.497 e. The van der Waals surface area contributed by atoms with Crippen molar-refractivity contribution in [3.8, 4) is 5.75 Å². The number of amides is 1. The quantitative estimate of drug-likeness (QED) is 0.508. The van der Waals surface area contributed by atoms with Gasteiger partial charge in [-0.1, -0.05) is 23.8 Å². The third-order valence-corrected chi connectivity index (χ3v) is 6.48. The van der Waals surface area contributed by atoms with Crippen LogP contribution in [-0.4, -0.2) is 41.8 Å². The largest absolute Gasteiger partial charge is 0.497 e. The van der Waals surface area contributed by atoms with E-state index in [1.54, 1.807) is 13.3 Å². The Morgan fingerprint density at radius 2 is 2.16 bits per heavy atom. The molecular weight excluding hydrogens is 388 g/mol. The number of ether oxygens (including phenoxy) is 1. The molecule has 2 aromatic carbocycles. The van der Waals surface area contributed by atoms with Crippen LogP contribution in [0.25, 0.3) is 10.9 Å². The number of nitrogens with one attached hydrogen (secondary N) is 1. The molecule has 1 aliphatic carbocycles. The van der Waals surface area contributed by atoms with E-state index in [0.717, 1.165) is 43.7 Å². The Balaban J connectivity index is 1.31. The van der Waals surface area contributed by atoms with Crippen molar-refractivity contribution in [3.63, 3.8) is 0 Å². The number of carbonyl (C=O) groups excluding carboxylic acids is 1. The number of fused-ring (bicyclic) bond motifs is 3. The average Bonchev–Trinajstić information content (AvgIpc) is 3.10. The fourth-order valence-electron chi connectivity index (χ4n) is 5.10. The van der Waals surface area contributed by atoms with Crippen molar-refractivity contribution in [2.45, 2.75) is 38.8 Å². The molecule has 3 aromatic rings. The monoisotopic (exact) mass is 416 g/mol. The number of carbonyl (C=O) groups is 1. The van der Waals surface area contributed by atoms with Gasteiger partial charge in [-0.25, -0.2) is 5.43 Å². The van der Waals surface area contributed by atoms with Gasteiger partial charge in [-0.05, 0) is 61.6 Å². The molecule has 1 amide bonds. The van der Waals surface area contributed by atoms with Gasteiger partial charge in [0, 0.05) is 29.7 Å². The Morgan fingerprint density at radius 1 is 1.26 bits per heavy atom. The summed E-state index contributed by atoms with van der Waals surface area (Å²) in [6.45, 7) is 4.32. The summed E-state index contributed by atoms with van der Waals surface area (Å²) in [5.41, 5.74) is 9.13. The van der Waals surface area contributed by atoms with Crippen molar-refractivity contribution in [1.82, 2.24) is 14.9 Å². The maximum absolute atomic E-state index is 12.6. The standard InChI is InChI=1S/C25H28N4O2/c1-17-9-10-22-21(13-17)20-7-4-8-23-25(20)29(22)12-11-28(23)16-24(30)27-26-15-18-5-3-6-19(14-18)31-2/h3,5-6,9-10,13-15,23H,4,7-8,11-12,16H2,1-2H3,(H,27,30)/b26-15+. The van der Waals surface area contributed by atoms with Crippen LogP contribution < -0.4 is 10.2 Å². The summed E-state index contributed by atoms with van der Waals surface area (Å²) in [7, 11) is 1.63. The van der Waals surface area contributed by atoms with Crippen molar-refractivity contribution in [3.05, 3.63) is 64.8 Å². The zero-order valence-electron chi connectivity index (χ0n) is 18.1. The zero-order chi connectivity index (χ0) is 21.4. The Labute approximate surface area is 182 Å². The van der Waals surface area contributed by atoms with Crippen LogP contribution in [0.4, 0.5) is 0 Å². The molecule has 0 saturated carbocycles. The van der Waals surface area contributed by atoms with E-state index in [4.69, 9.17) is 4.74 Å². The maximum Gasteiger partial charge on any atom is 0.254 e. The summed E-state index contributed by atoms with van der Waals surface area (Å²) in [6.07, 6.45) is 5.04. The Morgan fingerprint density at radius 3 is 3.03 bits per heavy atom. The maximum atomic E-state index is 12.6. The number of hydrazone groups is 1. The number of methoxy groups -OCH3 is 1. The molecule has 1 aromatic heterocycles. The normalized spacial score (nSPS) is 18.3. The second kappa shape index (κ2) is 8.19. The van der Waals surface area contributed by atoms with Crippen molar-refractivity contribution >= 4 is 23.0 Å². The molecule has 0 spiro atoms. The fraction of sp³-hybridized carbons (Fsp3) is 0.360.